The monoisotopic (exact) mass is 373 g/mol. The standard InChI is InChI=1S/C20H23NO6/c1-21-17(20(23)25-3)18(27-19(22)15-7-5-4-6-8-15)14-9-11-16(12-10-14)26-13-24-2/h4-12,17-18,21H,13H2,1-3H3. The quantitative estimate of drug-likeness (QED) is 0.533. The molecule has 0 amide bonds. The van der Waals surface area contributed by atoms with Gasteiger partial charge >= 0.3 is 11.9 Å². The smallest absolute Gasteiger partial charge is 0.338 e. The third kappa shape index (κ3) is 5.54. The largest absolute Gasteiger partial charge is 0.468 e. The topological polar surface area (TPSA) is 83.1 Å². The maximum absolute atomic E-state index is 12.5. The van der Waals surface area contributed by atoms with Gasteiger partial charge in [-0.2, -0.15) is 0 Å². The molecule has 2 aromatic carbocycles. The molecule has 0 aromatic heterocycles. The van der Waals surface area contributed by atoms with Gasteiger partial charge in [-0.1, -0.05) is 30.3 Å². The van der Waals surface area contributed by atoms with E-state index < -0.39 is 24.1 Å². The molecule has 144 valence electrons. The summed E-state index contributed by atoms with van der Waals surface area (Å²) in [4.78, 5) is 24.7. The molecule has 0 radical (unpaired) electrons. The molecule has 0 heterocycles. The molecule has 27 heavy (non-hydrogen) atoms. The number of benzene rings is 2. The van der Waals surface area contributed by atoms with Crippen molar-refractivity contribution >= 4 is 11.9 Å². The zero-order valence-corrected chi connectivity index (χ0v) is 15.5. The van der Waals surface area contributed by atoms with E-state index in [0.29, 0.717) is 16.9 Å². The highest BCUT2D eigenvalue weighted by atomic mass is 16.7. The lowest BCUT2D eigenvalue weighted by atomic mass is 10.0. The molecule has 2 unspecified atom stereocenters. The van der Waals surface area contributed by atoms with Crippen molar-refractivity contribution in [1.29, 1.82) is 0 Å². The van der Waals surface area contributed by atoms with Crippen LogP contribution in [0.4, 0.5) is 0 Å². The number of nitrogens with one attached hydrogen (secondary N) is 1. The Morgan fingerprint density at radius 2 is 1.67 bits per heavy atom. The van der Waals surface area contributed by atoms with E-state index in [1.807, 2.05) is 0 Å². The summed E-state index contributed by atoms with van der Waals surface area (Å²) in [5, 5.41) is 2.85. The summed E-state index contributed by atoms with van der Waals surface area (Å²) in [5.74, 6) is -0.486. The van der Waals surface area contributed by atoms with E-state index in [1.54, 1.807) is 61.6 Å². The van der Waals surface area contributed by atoms with Gasteiger partial charge in [-0.05, 0) is 36.9 Å². The van der Waals surface area contributed by atoms with Crippen LogP contribution in [0.25, 0.3) is 0 Å². The van der Waals surface area contributed by atoms with Gasteiger partial charge < -0.3 is 24.3 Å². The van der Waals surface area contributed by atoms with E-state index in [1.165, 1.54) is 14.2 Å². The summed E-state index contributed by atoms with van der Waals surface area (Å²) in [7, 11) is 4.41. The SMILES string of the molecule is CNC(C(=O)OC)C(OC(=O)c1ccccc1)c1ccc(OCOC)cc1. The van der Waals surface area contributed by atoms with Crippen molar-refractivity contribution in [3.05, 3.63) is 65.7 Å². The molecule has 2 rings (SSSR count). The van der Waals surface area contributed by atoms with E-state index in [4.69, 9.17) is 18.9 Å². The lowest BCUT2D eigenvalue weighted by molar-refractivity contribution is -0.146. The summed E-state index contributed by atoms with van der Waals surface area (Å²) in [6, 6.07) is 14.6. The molecule has 1 N–H and O–H groups in total. The van der Waals surface area contributed by atoms with E-state index in [2.05, 4.69) is 5.32 Å². The van der Waals surface area contributed by atoms with Crippen molar-refractivity contribution in [3.8, 4) is 5.75 Å². The second-order valence-corrected chi connectivity index (χ2v) is 5.60. The Morgan fingerprint density at radius 1 is 1.00 bits per heavy atom. The second kappa shape index (κ2) is 10.3. The van der Waals surface area contributed by atoms with Gasteiger partial charge in [0.25, 0.3) is 0 Å². The predicted octanol–water partition coefficient (Wildman–Crippen LogP) is 2.33. The number of esters is 2. The van der Waals surface area contributed by atoms with E-state index in [-0.39, 0.29) is 6.79 Å². The van der Waals surface area contributed by atoms with Crippen LogP contribution >= 0.6 is 0 Å². The molecule has 0 aliphatic carbocycles. The molecule has 2 aromatic rings. The average Bonchev–Trinajstić information content (AvgIpc) is 2.72. The fourth-order valence-electron chi connectivity index (χ4n) is 2.49. The minimum atomic E-state index is -0.883. The van der Waals surface area contributed by atoms with Gasteiger partial charge in [0, 0.05) is 7.11 Å². The molecule has 0 bridgehead atoms. The van der Waals surface area contributed by atoms with Crippen LogP contribution in [0.5, 0.6) is 5.75 Å². The number of likely N-dealkylation sites (N-methyl/N-ethyl adjacent to an activating group) is 1. The van der Waals surface area contributed by atoms with Crippen LogP contribution in [0.2, 0.25) is 0 Å². The van der Waals surface area contributed by atoms with Crippen molar-refractivity contribution in [2.45, 2.75) is 12.1 Å². The number of methoxy groups -OCH3 is 2. The first kappa shape index (κ1) is 20.4. The van der Waals surface area contributed by atoms with Crippen molar-refractivity contribution in [3.63, 3.8) is 0 Å². The zero-order valence-electron chi connectivity index (χ0n) is 15.5. The second-order valence-electron chi connectivity index (χ2n) is 5.60. The molecule has 0 saturated heterocycles. The fourth-order valence-corrected chi connectivity index (χ4v) is 2.49. The first-order chi connectivity index (χ1) is 13.1. The average molecular weight is 373 g/mol. The lowest BCUT2D eigenvalue weighted by Crippen LogP contribution is -2.42. The molecular formula is C20H23NO6. The van der Waals surface area contributed by atoms with E-state index >= 15 is 0 Å². The molecule has 0 aliphatic rings. The lowest BCUT2D eigenvalue weighted by Gasteiger charge is -2.25. The molecule has 2 atom stereocenters. The van der Waals surface area contributed by atoms with Gasteiger partial charge in [-0.25, -0.2) is 4.79 Å². The molecule has 7 heteroatoms. The highest BCUT2D eigenvalue weighted by Crippen LogP contribution is 2.26. The molecule has 0 spiro atoms. The maximum atomic E-state index is 12.5. The Bertz CT molecular complexity index is 732. The number of carbonyl (C=O) groups excluding carboxylic acids is 2. The Morgan fingerprint density at radius 3 is 2.22 bits per heavy atom. The summed E-state index contributed by atoms with van der Waals surface area (Å²) in [6.45, 7) is 0.118. The Hall–Kier alpha value is -2.90. The maximum Gasteiger partial charge on any atom is 0.338 e. The zero-order chi connectivity index (χ0) is 19.6. The van der Waals surface area contributed by atoms with Crippen molar-refractivity contribution in [2.24, 2.45) is 0 Å². The fraction of sp³-hybridized carbons (Fsp3) is 0.300. The molecular weight excluding hydrogens is 350 g/mol. The van der Waals surface area contributed by atoms with Crippen LogP contribution in [0.3, 0.4) is 0 Å². The Labute approximate surface area is 158 Å². The molecule has 0 saturated carbocycles. The number of carbonyl (C=O) groups is 2. The predicted molar refractivity (Wildman–Crippen MR) is 98.4 cm³/mol. The van der Waals surface area contributed by atoms with Crippen molar-refractivity contribution in [1.82, 2.24) is 5.32 Å². The van der Waals surface area contributed by atoms with Crippen molar-refractivity contribution < 1.29 is 28.5 Å². The normalized spacial score (nSPS) is 12.7. The minimum absolute atomic E-state index is 0.118. The number of ether oxygens (including phenoxy) is 4. The minimum Gasteiger partial charge on any atom is -0.468 e. The van der Waals surface area contributed by atoms with Crippen LogP contribution in [-0.2, 0) is 19.0 Å². The highest BCUT2D eigenvalue weighted by Gasteiger charge is 2.33. The van der Waals surface area contributed by atoms with Crippen LogP contribution in [0.1, 0.15) is 22.0 Å². The number of hydrogen-bond acceptors (Lipinski definition) is 7. The van der Waals surface area contributed by atoms with Crippen LogP contribution in [0, 0.1) is 0 Å². The molecule has 0 aliphatic heterocycles. The third-order valence-electron chi connectivity index (χ3n) is 3.86. The van der Waals surface area contributed by atoms with Gasteiger partial charge in [0.2, 0.25) is 0 Å². The third-order valence-corrected chi connectivity index (χ3v) is 3.86. The summed E-state index contributed by atoms with van der Waals surface area (Å²) in [5.41, 5.74) is 1.01. The van der Waals surface area contributed by atoms with Gasteiger partial charge in [0.05, 0.1) is 12.7 Å². The Kier molecular flexibility index (Phi) is 7.79. The van der Waals surface area contributed by atoms with Gasteiger partial charge in [0.15, 0.2) is 12.9 Å². The highest BCUT2D eigenvalue weighted by molar-refractivity contribution is 5.90. The van der Waals surface area contributed by atoms with E-state index in [9.17, 15) is 9.59 Å². The van der Waals surface area contributed by atoms with Crippen LogP contribution in [-0.4, -0.2) is 46.0 Å². The molecule has 0 fully saturated rings. The summed E-state index contributed by atoms with van der Waals surface area (Å²) >= 11 is 0. The first-order valence-corrected chi connectivity index (χ1v) is 8.33. The van der Waals surface area contributed by atoms with E-state index in [0.717, 1.165) is 0 Å². The van der Waals surface area contributed by atoms with Crippen molar-refractivity contribution in [2.75, 3.05) is 28.1 Å². The first-order valence-electron chi connectivity index (χ1n) is 8.33. The summed E-state index contributed by atoms with van der Waals surface area (Å²) < 4.78 is 20.7. The van der Waals surface area contributed by atoms with Gasteiger partial charge in [-0.15, -0.1) is 0 Å². The van der Waals surface area contributed by atoms with Gasteiger partial charge in [0.1, 0.15) is 11.8 Å². The van der Waals surface area contributed by atoms with Crippen LogP contribution in [0.15, 0.2) is 54.6 Å². The van der Waals surface area contributed by atoms with Gasteiger partial charge in [-0.3, -0.25) is 4.79 Å². The Balaban J connectivity index is 2.28. The van der Waals surface area contributed by atoms with Crippen LogP contribution < -0.4 is 10.1 Å². The summed E-state index contributed by atoms with van der Waals surface area (Å²) in [6.07, 6.45) is -0.883. The number of rotatable bonds is 9. The molecule has 7 nitrogen and oxygen atoms in total. The number of hydrogen-bond donors (Lipinski definition) is 1.